The SMILES string of the molecule is COCCN=C(N)NCCNC(=O)c1ccc(C(F)(F)F)cc1.I. The number of methoxy groups -OCH3 is 1. The second kappa shape index (κ2) is 11.1. The molecule has 0 aromatic heterocycles. The molecule has 1 aromatic carbocycles. The molecule has 0 radical (unpaired) electrons. The molecule has 0 saturated heterocycles. The number of rotatable bonds is 7. The number of nitrogens with zero attached hydrogens (tertiary/aromatic N) is 1. The highest BCUT2D eigenvalue weighted by Gasteiger charge is 2.30. The van der Waals surface area contributed by atoms with Crippen molar-refractivity contribution in [2.75, 3.05) is 33.4 Å². The zero-order chi connectivity index (χ0) is 17.3. The lowest BCUT2D eigenvalue weighted by molar-refractivity contribution is -0.137. The van der Waals surface area contributed by atoms with Crippen LogP contribution in [0.25, 0.3) is 0 Å². The predicted octanol–water partition coefficient (Wildman–Crippen LogP) is 1.60. The zero-order valence-electron chi connectivity index (χ0n) is 13.0. The molecule has 0 aliphatic carbocycles. The van der Waals surface area contributed by atoms with Gasteiger partial charge in [-0.1, -0.05) is 0 Å². The van der Waals surface area contributed by atoms with E-state index in [-0.39, 0.29) is 42.0 Å². The van der Waals surface area contributed by atoms with E-state index < -0.39 is 17.6 Å². The summed E-state index contributed by atoms with van der Waals surface area (Å²) in [5.74, 6) is -0.235. The van der Waals surface area contributed by atoms with Gasteiger partial charge >= 0.3 is 6.18 Å². The average molecular weight is 460 g/mol. The van der Waals surface area contributed by atoms with E-state index in [0.29, 0.717) is 19.7 Å². The number of nitrogens with two attached hydrogens (primary N) is 1. The van der Waals surface area contributed by atoms with E-state index in [9.17, 15) is 18.0 Å². The van der Waals surface area contributed by atoms with Crippen molar-refractivity contribution < 1.29 is 22.7 Å². The Kier molecular flexibility index (Phi) is 10.4. The van der Waals surface area contributed by atoms with Gasteiger partial charge in [0.15, 0.2) is 5.96 Å². The van der Waals surface area contributed by atoms with Crippen LogP contribution < -0.4 is 16.4 Å². The van der Waals surface area contributed by atoms with E-state index in [1.807, 2.05) is 0 Å². The van der Waals surface area contributed by atoms with Crippen molar-refractivity contribution in [3.05, 3.63) is 35.4 Å². The average Bonchev–Trinajstić information content (AvgIpc) is 2.51. The van der Waals surface area contributed by atoms with Gasteiger partial charge in [0.05, 0.1) is 18.7 Å². The molecule has 1 rings (SSSR count). The van der Waals surface area contributed by atoms with Crippen LogP contribution in [-0.2, 0) is 10.9 Å². The molecule has 0 heterocycles. The maximum Gasteiger partial charge on any atom is 0.416 e. The molecule has 0 fully saturated rings. The van der Waals surface area contributed by atoms with Crippen LogP contribution in [0.15, 0.2) is 29.3 Å². The molecule has 0 atom stereocenters. The molecule has 4 N–H and O–H groups in total. The predicted molar refractivity (Wildman–Crippen MR) is 95.6 cm³/mol. The number of guanidine groups is 1. The molecule has 0 aliphatic heterocycles. The van der Waals surface area contributed by atoms with E-state index in [0.717, 1.165) is 24.3 Å². The summed E-state index contributed by atoms with van der Waals surface area (Å²) in [6.45, 7) is 1.47. The number of hydrogen-bond donors (Lipinski definition) is 3. The van der Waals surface area contributed by atoms with Crippen LogP contribution in [0.1, 0.15) is 15.9 Å². The Bertz CT molecular complexity index is 536. The van der Waals surface area contributed by atoms with E-state index in [1.165, 1.54) is 0 Å². The van der Waals surface area contributed by atoms with Crippen LogP contribution in [0, 0.1) is 0 Å². The number of hydrogen-bond acceptors (Lipinski definition) is 3. The van der Waals surface area contributed by atoms with Gasteiger partial charge in [0.1, 0.15) is 0 Å². The molecule has 10 heteroatoms. The molecular formula is C14H20F3IN4O2. The molecular weight excluding hydrogens is 440 g/mol. The van der Waals surface area contributed by atoms with Crippen LogP contribution >= 0.6 is 24.0 Å². The Labute approximate surface area is 155 Å². The molecule has 0 spiro atoms. The summed E-state index contributed by atoms with van der Waals surface area (Å²) in [6, 6.07) is 4.00. The summed E-state index contributed by atoms with van der Waals surface area (Å²) in [7, 11) is 1.55. The number of ether oxygens (including phenoxy) is 1. The van der Waals surface area contributed by atoms with Crippen molar-refractivity contribution in [3.8, 4) is 0 Å². The molecule has 0 unspecified atom stereocenters. The molecule has 1 aromatic rings. The Morgan fingerprint density at radius 2 is 1.79 bits per heavy atom. The maximum atomic E-state index is 12.4. The summed E-state index contributed by atoms with van der Waals surface area (Å²) in [5, 5.41) is 5.35. The first-order valence-corrected chi connectivity index (χ1v) is 6.82. The lowest BCUT2D eigenvalue weighted by Gasteiger charge is -2.09. The van der Waals surface area contributed by atoms with Crippen LogP contribution in [0.4, 0.5) is 13.2 Å². The molecule has 24 heavy (non-hydrogen) atoms. The van der Waals surface area contributed by atoms with Gasteiger partial charge in [-0.05, 0) is 24.3 Å². The first-order valence-electron chi connectivity index (χ1n) is 6.82. The standard InChI is InChI=1S/C14H19F3N4O2.HI/c1-23-9-8-21-13(18)20-7-6-19-12(22)10-2-4-11(5-3-10)14(15,16)17;/h2-5H,6-9H2,1H3,(H,19,22)(H3,18,20,21);1H. The van der Waals surface area contributed by atoms with Gasteiger partial charge in [-0.25, -0.2) is 0 Å². The van der Waals surface area contributed by atoms with Gasteiger partial charge < -0.3 is 21.1 Å². The first-order chi connectivity index (χ1) is 10.8. The van der Waals surface area contributed by atoms with Crippen molar-refractivity contribution in [1.29, 1.82) is 0 Å². The quantitative estimate of drug-likeness (QED) is 0.250. The van der Waals surface area contributed by atoms with E-state index in [2.05, 4.69) is 15.6 Å². The number of alkyl halides is 3. The minimum absolute atomic E-state index is 0. The van der Waals surface area contributed by atoms with Gasteiger partial charge in [0.25, 0.3) is 5.91 Å². The normalized spacial score (nSPS) is 11.6. The molecule has 6 nitrogen and oxygen atoms in total. The lowest BCUT2D eigenvalue weighted by Crippen LogP contribution is -2.38. The fourth-order valence-electron chi connectivity index (χ4n) is 1.59. The third kappa shape index (κ3) is 8.34. The third-order valence-corrected chi connectivity index (χ3v) is 2.77. The monoisotopic (exact) mass is 460 g/mol. The van der Waals surface area contributed by atoms with Gasteiger partial charge in [0, 0.05) is 25.8 Å². The van der Waals surface area contributed by atoms with Gasteiger partial charge in [-0.3, -0.25) is 9.79 Å². The molecule has 0 aliphatic rings. The highest BCUT2D eigenvalue weighted by Crippen LogP contribution is 2.28. The number of carbonyl (C=O) groups excluding carboxylic acids is 1. The number of amides is 1. The molecule has 0 bridgehead atoms. The number of nitrogens with one attached hydrogen (secondary N) is 2. The maximum absolute atomic E-state index is 12.4. The van der Waals surface area contributed by atoms with Crippen molar-refractivity contribution in [1.82, 2.24) is 10.6 Å². The minimum Gasteiger partial charge on any atom is -0.383 e. The zero-order valence-corrected chi connectivity index (χ0v) is 15.4. The number of aliphatic imine (C=N–C) groups is 1. The Morgan fingerprint density at radius 1 is 1.21 bits per heavy atom. The number of halogens is 4. The van der Waals surface area contributed by atoms with Crippen LogP contribution in [0.3, 0.4) is 0 Å². The van der Waals surface area contributed by atoms with Crippen LogP contribution in [0.2, 0.25) is 0 Å². The van der Waals surface area contributed by atoms with Crippen molar-refractivity contribution >= 4 is 35.8 Å². The van der Waals surface area contributed by atoms with Crippen molar-refractivity contribution in [2.45, 2.75) is 6.18 Å². The molecule has 1 amide bonds. The first kappa shape index (κ1) is 22.4. The van der Waals surface area contributed by atoms with Gasteiger partial charge in [0.2, 0.25) is 0 Å². The summed E-state index contributed by atoms with van der Waals surface area (Å²) < 4.78 is 42.1. The number of benzene rings is 1. The largest absolute Gasteiger partial charge is 0.416 e. The third-order valence-electron chi connectivity index (χ3n) is 2.77. The Morgan fingerprint density at radius 3 is 2.33 bits per heavy atom. The second-order valence-corrected chi connectivity index (χ2v) is 4.52. The molecule has 136 valence electrons. The van der Waals surface area contributed by atoms with E-state index >= 15 is 0 Å². The number of carbonyl (C=O) groups is 1. The summed E-state index contributed by atoms with van der Waals surface area (Å²) in [6.07, 6.45) is -4.42. The van der Waals surface area contributed by atoms with Crippen molar-refractivity contribution in [3.63, 3.8) is 0 Å². The fraction of sp³-hybridized carbons (Fsp3) is 0.429. The Balaban J connectivity index is 0.00000529. The summed E-state index contributed by atoms with van der Waals surface area (Å²) in [5.41, 5.74) is 4.92. The van der Waals surface area contributed by atoms with Gasteiger partial charge in [-0.2, -0.15) is 13.2 Å². The van der Waals surface area contributed by atoms with Gasteiger partial charge in [-0.15, -0.1) is 24.0 Å². The second-order valence-electron chi connectivity index (χ2n) is 4.52. The smallest absolute Gasteiger partial charge is 0.383 e. The molecule has 0 saturated carbocycles. The fourth-order valence-corrected chi connectivity index (χ4v) is 1.59. The summed E-state index contributed by atoms with van der Waals surface area (Å²) in [4.78, 5) is 15.7. The van der Waals surface area contributed by atoms with E-state index in [1.54, 1.807) is 7.11 Å². The van der Waals surface area contributed by atoms with E-state index in [4.69, 9.17) is 10.5 Å². The lowest BCUT2D eigenvalue weighted by atomic mass is 10.1. The topological polar surface area (TPSA) is 88.7 Å². The Hall–Kier alpha value is -1.56. The summed E-state index contributed by atoms with van der Waals surface area (Å²) >= 11 is 0. The highest BCUT2D eigenvalue weighted by molar-refractivity contribution is 14.0. The van der Waals surface area contributed by atoms with Crippen LogP contribution in [0.5, 0.6) is 0 Å². The highest BCUT2D eigenvalue weighted by atomic mass is 127. The van der Waals surface area contributed by atoms with Crippen LogP contribution in [-0.4, -0.2) is 45.2 Å². The van der Waals surface area contributed by atoms with Crippen molar-refractivity contribution in [2.24, 2.45) is 10.7 Å². The minimum atomic E-state index is -4.42.